The molecule has 22 heavy (non-hydrogen) atoms. The highest BCUT2D eigenvalue weighted by molar-refractivity contribution is 9.10. The highest BCUT2D eigenvalue weighted by Gasteiger charge is 2.08. The molecule has 0 unspecified atom stereocenters. The van der Waals surface area contributed by atoms with Crippen molar-refractivity contribution in [3.63, 3.8) is 0 Å². The van der Waals surface area contributed by atoms with E-state index in [0.717, 1.165) is 10.0 Å². The molecule has 2 aromatic rings. The summed E-state index contributed by atoms with van der Waals surface area (Å²) in [5.74, 6) is 0.956. The topological polar surface area (TPSA) is 51.2 Å². The van der Waals surface area contributed by atoms with E-state index in [4.69, 9.17) is 4.74 Å². The molecule has 0 aliphatic rings. The largest absolute Gasteiger partial charge is 0.483 e. The van der Waals surface area contributed by atoms with Crippen LogP contribution in [0.2, 0.25) is 0 Å². The lowest BCUT2D eigenvalue weighted by Crippen LogP contribution is -2.28. The highest BCUT2D eigenvalue weighted by Crippen LogP contribution is 2.28. The van der Waals surface area contributed by atoms with Crippen LogP contribution >= 0.6 is 15.9 Å². The van der Waals surface area contributed by atoms with Crippen LogP contribution in [-0.2, 0) is 11.3 Å². The number of carbonyl (C=O) groups is 1. The number of carbonyl (C=O) groups excluding carboxylic acids is 1. The van der Waals surface area contributed by atoms with Crippen molar-refractivity contribution in [2.24, 2.45) is 0 Å². The van der Waals surface area contributed by atoms with E-state index in [0.29, 0.717) is 18.2 Å². The molecule has 116 valence electrons. The summed E-state index contributed by atoms with van der Waals surface area (Å²) in [5.41, 5.74) is 2.18. The Kier molecular flexibility index (Phi) is 5.95. The van der Waals surface area contributed by atoms with Crippen molar-refractivity contribution in [1.82, 2.24) is 10.3 Å². The molecule has 0 atom stereocenters. The van der Waals surface area contributed by atoms with Crippen molar-refractivity contribution in [3.05, 3.63) is 58.3 Å². The first kappa shape index (κ1) is 16.5. The van der Waals surface area contributed by atoms with Gasteiger partial charge in [0.2, 0.25) is 0 Å². The molecule has 0 radical (unpaired) electrons. The van der Waals surface area contributed by atoms with Gasteiger partial charge in [-0.15, -0.1) is 0 Å². The highest BCUT2D eigenvalue weighted by atomic mass is 79.9. The SMILES string of the molecule is CC(C)c1ccc(OCC(=O)NCc2cccnc2)c(Br)c1. The number of hydrogen-bond acceptors (Lipinski definition) is 3. The Morgan fingerprint density at radius 3 is 2.82 bits per heavy atom. The lowest BCUT2D eigenvalue weighted by atomic mass is 10.0. The minimum Gasteiger partial charge on any atom is -0.483 e. The Morgan fingerprint density at radius 2 is 2.18 bits per heavy atom. The molecule has 0 aliphatic carbocycles. The smallest absolute Gasteiger partial charge is 0.258 e. The second-order valence-electron chi connectivity index (χ2n) is 5.27. The van der Waals surface area contributed by atoms with Crippen molar-refractivity contribution in [1.29, 1.82) is 0 Å². The summed E-state index contributed by atoms with van der Waals surface area (Å²) in [6, 6.07) is 9.67. The van der Waals surface area contributed by atoms with Crippen molar-refractivity contribution < 1.29 is 9.53 Å². The molecule has 1 N–H and O–H groups in total. The number of nitrogens with zero attached hydrogens (tertiary/aromatic N) is 1. The first-order valence-electron chi connectivity index (χ1n) is 7.14. The van der Waals surface area contributed by atoms with E-state index in [1.54, 1.807) is 12.4 Å². The van der Waals surface area contributed by atoms with Gasteiger partial charge in [0.25, 0.3) is 5.91 Å². The van der Waals surface area contributed by atoms with E-state index < -0.39 is 0 Å². The number of benzene rings is 1. The maximum Gasteiger partial charge on any atom is 0.258 e. The summed E-state index contributed by atoms with van der Waals surface area (Å²) in [5, 5.41) is 2.80. The van der Waals surface area contributed by atoms with Crippen LogP contribution < -0.4 is 10.1 Å². The molecule has 0 fully saturated rings. The van der Waals surface area contributed by atoms with Gasteiger partial charge in [0.05, 0.1) is 4.47 Å². The van der Waals surface area contributed by atoms with Crippen LogP contribution in [0.3, 0.4) is 0 Å². The van der Waals surface area contributed by atoms with Gasteiger partial charge in [0.1, 0.15) is 5.75 Å². The van der Waals surface area contributed by atoms with Gasteiger partial charge in [0.15, 0.2) is 6.61 Å². The minimum atomic E-state index is -0.163. The monoisotopic (exact) mass is 362 g/mol. The van der Waals surface area contributed by atoms with Gasteiger partial charge in [0, 0.05) is 18.9 Å². The zero-order valence-electron chi connectivity index (χ0n) is 12.7. The average Bonchev–Trinajstić information content (AvgIpc) is 2.52. The van der Waals surface area contributed by atoms with Gasteiger partial charge in [-0.3, -0.25) is 9.78 Å². The quantitative estimate of drug-likeness (QED) is 0.852. The van der Waals surface area contributed by atoms with E-state index in [9.17, 15) is 4.79 Å². The summed E-state index contributed by atoms with van der Waals surface area (Å²) in [6.07, 6.45) is 3.43. The number of ether oxygens (including phenoxy) is 1. The molecule has 0 saturated heterocycles. The molecule has 1 heterocycles. The lowest BCUT2D eigenvalue weighted by Gasteiger charge is -2.11. The third kappa shape index (κ3) is 4.84. The Bertz CT molecular complexity index is 630. The molecule has 0 bridgehead atoms. The van der Waals surface area contributed by atoms with Crippen molar-refractivity contribution >= 4 is 21.8 Å². The molecule has 1 aromatic carbocycles. The van der Waals surface area contributed by atoms with Gasteiger partial charge in [-0.2, -0.15) is 0 Å². The molecule has 4 nitrogen and oxygen atoms in total. The van der Waals surface area contributed by atoms with Gasteiger partial charge in [-0.1, -0.05) is 26.0 Å². The maximum atomic E-state index is 11.8. The predicted octanol–water partition coefficient (Wildman–Crippen LogP) is 3.66. The summed E-state index contributed by atoms with van der Waals surface area (Å²) >= 11 is 3.48. The average molecular weight is 363 g/mol. The number of hydrogen-bond donors (Lipinski definition) is 1. The third-order valence-electron chi connectivity index (χ3n) is 3.19. The Labute approximate surface area is 139 Å². The molecule has 0 aliphatic heterocycles. The minimum absolute atomic E-state index is 0.0140. The van der Waals surface area contributed by atoms with E-state index in [2.05, 4.69) is 40.1 Å². The van der Waals surface area contributed by atoms with E-state index in [1.807, 2.05) is 30.3 Å². The van der Waals surface area contributed by atoms with Gasteiger partial charge >= 0.3 is 0 Å². The van der Waals surface area contributed by atoms with Gasteiger partial charge < -0.3 is 10.1 Å². The zero-order chi connectivity index (χ0) is 15.9. The van der Waals surface area contributed by atoms with Crippen LogP contribution in [0.15, 0.2) is 47.2 Å². The number of nitrogens with one attached hydrogen (secondary N) is 1. The van der Waals surface area contributed by atoms with Crippen molar-refractivity contribution in [2.75, 3.05) is 6.61 Å². The van der Waals surface area contributed by atoms with Crippen LogP contribution in [0, 0.1) is 0 Å². The normalized spacial score (nSPS) is 10.5. The Hall–Kier alpha value is -1.88. The van der Waals surface area contributed by atoms with Gasteiger partial charge in [-0.25, -0.2) is 0 Å². The Morgan fingerprint density at radius 1 is 1.36 bits per heavy atom. The first-order valence-corrected chi connectivity index (χ1v) is 7.93. The fourth-order valence-electron chi connectivity index (χ4n) is 1.89. The zero-order valence-corrected chi connectivity index (χ0v) is 14.3. The molecule has 2 rings (SSSR count). The molecular formula is C17H19BrN2O2. The fraction of sp³-hybridized carbons (Fsp3) is 0.294. The first-order chi connectivity index (χ1) is 10.6. The standard InChI is InChI=1S/C17H19BrN2O2/c1-12(2)14-5-6-16(15(18)8-14)22-11-17(21)20-10-13-4-3-7-19-9-13/h3-9,12H,10-11H2,1-2H3,(H,20,21). The second kappa shape index (κ2) is 7.94. The number of amides is 1. The molecule has 5 heteroatoms. The van der Waals surface area contributed by atoms with E-state index >= 15 is 0 Å². The molecule has 1 aromatic heterocycles. The predicted molar refractivity (Wildman–Crippen MR) is 89.8 cm³/mol. The second-order valence-corrected chi connectivity index (χ2v) is 6.13. The van der Waals surface area contributed by atoms with Crippen LogP contribution in [0.4, 0.5) is 0 Å². The Balaban J connectivity index is 1.83. The molecule has 1 amide bonds. The number of aromatic nitrogens is 1. The third-order valence-corrected chi connectivity index (χ3v) is 3.81. The summed E-state index contributed by atoms with van der Waals surface area (Å²) in [6.45, 7) is 4.70. The summed E-state index contributed by atoms with van der Waals surface area (Å²) < 4.78 is 6.41. The molecule has 0 saturated carbocycles. The van der Waals surface area contributed by atoms with Crippen LogP contribution in [0.25, 0.3) is 0 Å². The van der Waals surface area contributed by atoms with E-state index in [1.165, 1.54) is 5.56 Å². The lowest BCUT2D eigenvalue weighted by molar-refractivity contribution is -0.123. The number of pyridine rings is 1. The molecular weight excluding hydrogens is 344 g/mol. The fourth-order valence-corrected chi connectivity index (χ4v) is 2.40. The maximum absolute atomic E-state index is 11.8. The van der Waals surface area contributed by atoms with Gasteiger partial charge in [-0.05, 0) is 51.2 Å². The van der Waals surface area contributed by atoms with Crippen molar-refractivity contribution in [3.8, 4) is 5.75 Å². The van der Waals surface area contributed by atoms with E-state index in [-0.39, 0.29) is 12.5 Å². The molecule has 0 spiro atoms. The summed E-state index contributed by atoms with van der Waals surface area (Å²) in [7, 11) is 0. The van der Waals surface area contributed by atoms with Crippen molar-refractivity contribution in [2.45, 2.75) is 26.3 Å². The number of halogens is 1. The van der Waals surface area contributed by atoms with Crippen LogP contribution in [0.5, 0.6) is 5.75 Å². The summed E-state index contributed by atoms with van der Waals surface area (Å²) in [4.78, 5) is 15.8. The number of rotatable bonds is 6. The van der Waals surface area contributed by atoms with Crippen LogP contribution in [-0.4, -0.2) is 17.5 Å². The van der Waals surface area contributed by atoms with Crippen LogP contribution in [0.1, 0.15) is 30.9 Å².